The molecule has 3 nitrogen and oxygen atoms in total. The highest BCUT2D eigenvalue weighted by Gasteiger charge is 2.00. The van der Waals surface area contributed by atoms with E-state index in [0.717, 1.165) is 38.5 Å². The van der Waals surface area contributed by atoms with Crippen LogP contribution in [-0.2, 0) is 4.74 Å². The van der Waals surface area contributed by atoms with Crippen molar-refractivity contribution in [3.63, 3.8) is 0 Å². The third-order valence-electron chi connectivity index (χ3n) is 4.22. The molecule has 1 atom stereocenters. The minimum Gasteiger partial charge on any atom is -0.394 e. The zero-order valence-corrected chi connectivity index (χ0v) is 17.6. The van der Waals surface area contributed by atoms with Gasteiger partial charge >= 0.3 is 0 Å². The highest BCUT2D eigenvalue weighted by molar-refractivity contribution is 5.07. The SMILES string of the molecule is CC(C)=CCC/C(C)=C/CC/C(C)=C/CC/C(C)=C/COC[C@@H](O)CO. The first-order valence-electron chi connectivity index (χ1n) is 9.82. The van der Waals surface area contributed by atoms with E-state index in [1.807, 2.05) is 6.08 Å². The van der Waals surface area contributed by atoms with E-state index in [-0.39, 0.29) is 13.2 Å². The fraction of sp³-hybridized carbons (Fsp3) is 0.652. The zero-order valence-electron chi connectivity index (χ0n) is 17.6. The molecule has 3 heteroatoms. The Morgan fingerprint density at radius 2 is 1.23 bits per heavy atom. The van der Waals surface area contributed by atoms with Gasteiger partial charge in [0.25, 0.3) is 0 Å². The van der Waals surface area contributed by atoms with Crippen LogP contribution in [0.3, 0.4) is 0 Å². The maximum atomic E-state index is 9.19. The van der Waals surface area contributed by atoms with Gasteiger partial charge in [-0.05, 0) is 73.1 Å². The van der Waals surface area contributed by atoms with Crippen LogP contribution in [0.25, 0.3) is 0 Å². The fourth-order valence-corrected chi connectivity index (χ4v) is 2.45. The Morgan fingerprint density at radius 3 is 1.69 bits per heavy atom. The predicted octanol–water partition coefficient (Wildman–Crippen LogP) is 5.50. The van der Waals surface area contributed by atoms with E-state index in [9.17, 15) is 5.11 Å². The molecule has 26 heavy (non-hydrogen) atoms. The molecule has 0 aromatic heterocycles. The monoisotopic (exact) mass is 364 g/mol. The fourth-order valence-electron chi connectivity index (χ4n) is 2.45. The molecule has 0 amide bonds. The first-order valence-corrected chi connectivity index (χ1v) is 9.82. The molecule has 0 aliphatic carbocycles. The predicted molar refractivity (Wildman–Crippen MR) is 112 cm³/mol. The van der Waals surface area contributed by atoms with Crippen LogP contribution in [0.15, 0.2) is 46.6 Å². The molecule has 0 spiro atoms. The first-order chi connectivity index (χ1) is 12.3. The van der Waals surface area contributed by atoms with E-state index in [2.05, 4.69) is 52.8 Å². The summed E-state index contributed by atoms with van der Waals surface area (Å²) in [7, 11) is 0. The number of hydrogen-bond donors (Lipinski definition) is 2. The molecule has 0 rings (SSSR count). The topological polar surface area (TPSA) is 49.7 Å². The highest BCUT2D eigenvalue weighted by atomic mass is 16.5. The summed E-state index contributed by atoms with van der Waals surface area (Å²) < 4.78 is 5.29. The smallest absolute Gasteiger partial charge is 0.100 e. The molecule has 0 saturated carbocycles. The Kier molecular flexibility index (Phi) is 15.3. The third kappa shape index (κ3) is 16.3. The van der Waals surface area contributed by atoms with Crippen LogP contribution < -0.4 is 0 Å². The molecule has 0 unspecified atom stereocenters. The van der Waals surface area contributed by atoms with Crippen molar-refractivity contribution in [2.24, 2.45) is 0 Å². The van der Waals surface area contributed by atoms with Crippen molar-refractivity contribution in [2.75, 3.05) is 19.8 Å². The normalized spacial score (nSPS) is 14.5. The van der Waals surface area contributed by atoms with Crippen molar-refractivity contribution < 1.29 is 14.9 Å². The molecule has 0 saturated heterocycles. The van der Waals surface area contributed by atoms with Gasteiger partial charge < -0.3 is 14.9 Å². The molecule has 0 aromatic rings. The van der Waals surface area contributed by atoms with E-state index in [4.69, 9.17) is 9.84 Å². The summed E-state index contributed by atoms with van der Waals surface area (Å²) in [5.41, 5.74) is 5.63. The van der Waals surface area contributed by atoms with E-state index in [1.165, 1.54) is 22.3 Å². The minimum atomic E-state index is -0.779. The highest BCUT2D eigenvalue weighted by Crippen LogP contribution is 2.13. The second-order valence-electron chi connectivity index (χ2n) is 7.42. The van der Waals surface area contributed by atoms with Crippen LogP contribution in [0.2, 0.25) is 0 Å². The summed E-state index contributed by atoms with van der Waals surface area (Å²) in [6.45, 7) is 11.3. The lowest BCUT2D eigenvalue weighted by Crippen LogP contribution is -2.19. The summed E-state index contributed by atoms with van der Waals surface area (Å²) in [5.74, 6) is 0. The minimum absolute atomic E-state index is 0.181. The molecule has 0 bridgehead atoms. The lowest BCUT2D eigenvalue weighted by Gasteiger charge is -2.06. The van der Waals surface area contributed by atoms with Gasteiger partial charge in [-0.2, -0.15) is 0 Å². The maximum absolute atomic E-state index is 9.19. The Hall–Kier alpha value is -1.16. The van der Waals surface area contributed by atoms with Crippen molar-refractivity contribution >= 4 is 0 Å². The number of hydrogen-bond acceptors (Lipinski definition) is 3. The van der Waals surface area contributed by atoms with Gasteiger partial charge in [0.2, 0.25) is 0 Å². The molecule has 0 fully saturated rings. The molecule has 0 heterocycles. The molecule has 0 aromatic carbocycles. The number of aliphatic hydroxyl groups excluding tert-OH is 2. The zero-order chi connectivity index (χ0) is 19.8. The van der Waals surface area contributed by atoms with Gasteiger partial charge in [0.1, 0.15) is 6.10 Å². The van der Waals surface area contributed by atoms with Gasteiger partial charge in [-0.15, -0.1) is 0 Å². The summed E-state index contributed by atoms with van der Waals surface area (Å²) in [4.78, 5) is 0. The van der Waals surface area contributed by atoms with Crippen molar-refractivity contribution in [1.29, 1.82) is 0 Å². The number of allylic oxidation sites excluding steroid dienone is 7. The number of ether oxygens (including phenoxy) is 1. The maximum Gasteiger partial charge on any atom is 0.100 e. The Morgan fingerprint density at radius 1 is 0.769 bits per heavy atom. The average Bonchev–Trinajstić information content (AvgIpc) is 2.58. The van der Waals surface area contributed by atoms with Crippen LogP contribution in [-0.4, -0.2) is 36.1 Å². The molecule has 150 valence electrons. The van der Waals surface area contributed by atoms with Crippen molar-refractivity contribution in [1.82, 2.24) is 0 Å². The van der Waals surface area contributed by atoms with Crippen LogP contribution in [0.1, 0.15) is 73.1 Å². The van der Waals surface area contributed by atoms with Gasteiger partial charge in [-0.1, -0.05) is 46.6 Å². The van der Waals surface area contributed by atoms with E-state index in [1.54, 1.807) is 0 Å². The Labute approximate surface area is 161 Å². The molecule has 0 radical (unpaired) electrons. The van der Waals surface area contributed by atoms with E-state index in [0.29, 0.717) is 6.61 Å². The van der Waals surface area contributed by atoms with Crippen LogP contribution in [0.4, 0.5) is 0 Å². The second kappa shape index (κ2) is 16.0. The van der Waals surface area contributed by atoms with Gasteiger partial charge in [0.05, 0.1) is 19.8 Å². The van der Waals surface area contributed by atoms with Crippen molar-refractivity contribution in [3.8, 4) is 0 Å². The van der Waals surface area contributed by atoms with E-state index >= 15 is 0 Å². The van der Waals surface area contributed by atoms with Crippen LogP contribution in [0, 0.1) is 0 Å². The molecule has 0 aliphatic rings. The summed E-state index contributed by atoms with van der Waals surface area (Å²) in [6.07, 6.45) is 14.9. The molecule has 2 N–H and O–H groups in total. The summed E-state index contributed by atoms with van der Waals surface area (Å²) in [5, 5.41) is 17.9. The lowest BCUT2D eigenvalue weighted by atomic mass is 10.0. The summed E-state index contributed by atoms with van der Waals surface area (Å²) >= 11 is 0. The number of aliphatic hydroxyl groups is 2. The summed E-state index contributed by atoms with van der Waals surface area (Å²) in [6, 6.07) is 0. The second-order valence-corrected chi connectivity index (χ2v) is 7.42. The molecular formula is C23H40O3. The van der Waals surface area contributed by atoms with Crippen LogP contribution >= 0.6 is 0 Å². The van der Waals surface area contributed by atoms with Gasteiger partial charge in [0, 0.05) is 0 Å². The Bertz CT molecular complexity index is 480. The molecular weight excluding hydrogens is 324 g/mol. The quantitative estimate of drug-likeness (QED) is 0.316. The average molecular weight is 365 g/mol. The lowest BCUT2D eigenvalue weighted by molar-refractivity contribution is 0.0148. The van der Waals surface area contributed by atoms with Crippen molar-refractivity contribution in [2.45, 2.75) is 79.2 Å². The Balaban J connectivity index is 3.94. The van der Waals surface area contributed by atoms with Gasteiger partial charge in [-0.3, -0.25) is 0 Å². The third-order valence-corrected chi connectivity index (χ3v) is 4.22. The van der Waals surface area contributed by atoms with E-state index < -0.39 is 6.10 Å². The largest absolute Gasteiger partial charge is 0.394 e. The standard InChI is InChI=1S/C23H40O3/c1-19(2)9-6-10-20(3)11-7-12-21(4)13-8-14-22(5)15-16-26-18-23(25)17-24/h9,11,13,15,23-25H,6-8,10,12,14,16-18H2,1-5H3/b20-11+,21-13+,22-15+/t23-/m0/s1. The van der Waals surface area contributed by atoms with Crippen LogP contribution in [0.5, 0.6) is 0 Å². The number of rotatable bonds is 14. The van der Waals surface area contributed by atoms with Gasteiger partial charge in [0.15, 0.2) is 0 Å². The first kappa shape index (κ1) is 24.8. The van der Waals surface area contributed by atoms with Gasteiger partial charge in [-0.25, -0.2) is 0 Å². The van der Waals surface area contributed by atoms with Crippen molar-refractivity contribution in [3.05, 3.63) is 46.6 Å². The molecule has 0 aliphatic heterocycles.